The third kappa shape index (κ3) is 4.47. The van der Waals surface area contributed by atoms with Gasteiger partial charge in [-0.2, -0.15) is 0 Å². The number of H-pyrrole nitrogens is 1. The Bertz CT molecular complexity index is 258. The van der Waals surface area contributed by atoms with Crippen molar-refractivity contribution in [3.05, 3.63) is 18.2 Å². The molecule has 0 spiro atoms. The van der Waals surface area contributed by atoms with Crippen LogP contribution in [0.4, 0.5) is 0 Å². The highest BCUT2D eigenvalue weighted by atomic mass is 16.5. The average Bonchev–Trinajstić information content (AvgIpc) is 2.66. The zero-order chi connectivity index (χ0) is 10.9. The molecule has 86 valence electrons. The van der Waals surface area contributed by atoms with Crippen LogP contribution in [0, 0.1) is 0 Å². The second-order valence-electron chi connectivity index (χ2n) is 3.82. The third-order valence-electron chi connectivity index (χ3n) is 2.37. The molecule has 0 saturated carbocycles. The van der Waals surface area contributed by atoms with Crippen molar-refractivity contribution in [2.75, 3.05) is 13.2 Å². The first-order chi connectivity index (χ1) is 7.38. The summed E-state index contributed by atoms with van der Waals surface area (Å²) in [7, 11) is 0. The normalized spacial score (nSPS) is 10.8. The Morgan fingerprint density at radius 2 is 2.13 bits per heavy atom. The van der Waals surface area contributed by atoms with E-state index in [9.17, 15) is 0 Å². The van der Waals surface area contributed by atoms with Gasteiger partial charge in [0.1, 0.15) is 12.4 Å². The zero-order valence-corrected chi connectivity index (χ0v) is 9.96. The SMILES string of the molecule is CCCOCCCc1[nH]cc[n+]1CCC. The van der Waals surface area contributed by atoms with Crippen molar-refractivity contribution >= 4 is 0 Å². The van der Waals surface area contributed by atoms with E-state index in [0.717, 1.165) is 39.0 Å². The van der Waals surface area contributed by atoms with Crippen LogP contribution >= 0.6 is 0 Å². The molecule has 3 nitrogen and oxygen atoms in total. The minimum absolute atomic E-state index is 0.874. The lowest BCUT2D eigenvalue weighted by Gasteiger charge is -2.01. The number of hydrogen-bond acceptors (Lipinski definition) is 1. The lowest BCUT2D eigenvalue weighted by Crippen LogP contribution is -2.35. The van der Waals surface area contributed by atoms with Crippen molar-refractivity contribution in [3.8, 4) is 0 Å². The fourth-order valence-electron chi connectivity index (χ4n) is 1.65. The van der Waals surface area contributed by atoms with Crippen LogP contribution in [-0.4, -0.2) is 18.2 Å². The lowest BCUT2D eigenvalue weighted by molar-refractivity contribution is -0.702. The van der Waals surface area contributed by atoms with Gasteiger partial charge >= 0.3 is 0 Å². The second kappa shape index (κ2) is 7.46. The Morgan fingerprint density at radius 1 is 1.27 bits per heavy atom. The third-order valence-corrected chi connectivity index (χ3v) is 2.37. The number of aromatic amines is 1. The summed E-state index contributed by atoms with van der Waals surface area (Å²) in [6, 6.07) is 0. The maximum atomic E-state index is 5.46. The number of hydrogen-bond donors (Lipinski definition) is 1. The molecule has 0 amide bonds. The van der Waals surface area contributed by atoms with Gasteiger partial charge < -0.3 is 4.74 Å². The van der Waals surface area contributed by atoms with Crippen LogP contribution in [0.5, 0.6) is 0 Å². The summed E-state index contributed by atoms with van der Waals surface area (Å²) in [5, 5.41) is 0. The maximum Gasteiger partial charge on any atom is 0.254 e. The zero-order valence-electron chi connectivity index (χ0n) is 9.96. The molecule has 0 aliphatic rings. The fourth-order valence-corrected chi connectivity index (χ4v) is 1.65. The van der Waals surface area contributed by atoms with Crippen molar-refractivity contribution in [2.45, 2.75) is 46.1 Å². The summed E-state index contributed by atoms with van der Waals surface area (Å²) in [5.41, 5.74) is 0. The Labute approximate surface area is 92.5 Å². The fraction of sp³-hybridized carbons (Fsp3) is 0.750. The molecular weight excluding hydrogens is 188 g/mol. The van der Waals surface area contributed by atoms with E-state index in [4.69, 9.17) is 4.74 Å². The number of ether oxygens (including phenoxy) is 1. The number of imidazole rings is 1. The Balaban J connectivity index is 2.21. The largest absolute Gasteiger partial charge is 0.381 e. The summed E-state index contributed by atoms with van der Waals surface area (Å²) in [6.45, 7) is 7.21. The monoisotopic (exact) mass is 211 g/mol. The lowest BCUT2D eigenvalue weighted by atomic mass is 10.3. The quantitative estimate of drug-likeness (QED) is 0.517. The standard InChI is InChI=1S/C12H22N2O/c1-3-8-14-9-7-13-12(14)6-5-11-15-10-4-2/h7,9H,3-6,8,10-11H2,1-2H3/p+1. The molecule has 0 radical (unpaired) electrons. The molecule has 1 heterocycles. The molecule has 15 heavy (non-hydrogen) atoms. The minimum Gasteiger partial charge on any atom is -0.381 e. The van der Waals surface area contributed by atoms with Gasteiger partial charge in [0, 0.05) is 13.2 Å². The first kappa shape index (κ1) is 12.2. The molecule has 0 aliphatic heterocycles. The van der Waals surface area contributed by atoms with Gasteiger partial charge in [0.25, 0.3) is 5.82 Å². The molecule has 0 unspecified atom stereocenters. The van der Waals surface area contributed by atoms with Crippen LogP contribution in [0.1, 0.15) is 38.9 Å². The van der Waals surface area contributed by atoms with E-state index in [2.05, 4.69) is 29.6 Å². The number of nitrogens with zero attached hydrogens (tertiary/aromatic N) is 1. The molecule has 0 bridgehead atoms. The van der Waals surface area contributed by atoms with Gasteiger partial charge in [-0.1, -0.05) is 13.8 Å². The van der Waals surface area contributed by atoms with E-state index >= 15 is 0 Å². The molecule has 1 N–H and O–H groups in total. The molecule has 0 aromatic carbocycles. The molecular formula is C12H23N2O+. The number of rotatable bonds is 8. The molecule has 1 aromatic rings. The highest BCUT2D eigenvalue weighted by Gasteiger charge is 2.08. The predicted molar refractivity (Wildman–Crippen MR) is 60.7 cm³/mol. The summed E-state index contributed by atoms with van der Waals surface area (Å²) in [5.74, 6) is 1.32. The first-order valence-electron chi connectivity index (χ1n) is 6.02. The van der Waals surface area contributed by atoms with Crippen molar-refractivity contribution in [1.82, 2.24) is 4.98 Å². The van der Waals surface area contributed by atoms with Crippen LogP contribution in [0.2, 0.25) is 0 Å². The van der Waals surface area contributed by atoms with E-state index in [0.29, 0.717) is 0 Å². The van der Waals surface area contributed by atoms with Gasteiger partial charge in [0.15, 0.2) is 0 Å². The minimum atomic E-state index is 0.874. The van der Waals surface area contributed by atoms with Crippen LogP contribution < -0.4 is 4.57 Å². The number of aromatic nitrogens is 2. The molecule has 0 fully saturated rings. The van der Waals surface area contributed by atoms with Crippen molar-refractivity contribution in [3.63, 3.8) is 0 Å². The highest BCUT2D eigenvalue weighted by molar-refractivity contribution is 4.77. The van der Waals surface area contributed by atoms with Crippen molar-refractivity contribution in [1.29, 1.82) is 0 Å². The van der Waals surface area contributed by atoms with Crippen LogP contribution in [-0.2, 0) is 17.7 Å². The molecule has 1 aromatic heterocycles. The van der Waals surface area contributed by atoms with E-state index in [1.807, 2.05) is 6.20 Å². The van der Waals surface area contributed by atoms with Crippen LogP contribution in [0.15, 0.2) is 12.4 Å². The van der Waals surface area contributed by atoms with Crippen LogP contribution in [0.25, 0.3) is 0 Å². The Kier molecular flexibility index (Phi) is 6.09. The van der Waals surface area contributed by atoms with Gasteiger partial charge in [-0.25, -0.2) is 9.55 Å². The van der Waals surface area contributed by atoms with Gasteiger partial charge in [-0.05, 0) is 19.3 Å². The summed E-state index contributed by atoms with van der Waals surface area (Å²) < 4.78 is 7.75. The molecule has 1 rings (SSSR count). The van der Waals surface area contributed by atoms with E-state index in [1.165, 1.54) is 12.2 Å². The topological polar surface area (TPSA) is 28.9 Å². The Morgan fingerprint density at radius 3 is 2.87 bits per heavy atom. The van der Waals surface area contributed by atoms with Crippen LogP contribution in [0.3, 0.4) is 0 Å². The van der Waals surface area contributed by atoms with Crippen molar-refractivity contribution in [2.24, 2.45) is 0 Å². The Hall–Kier alpha value is -0.830. The van der Waals surface area contributed by atoms with Gasteiger partial charge in [0.05, 0.1) is 13.0 Å². The summed E-state index contributed by atoms with van der Waals surface area (Å²) in [4.78, 5) is 3.29. The van der Waals surface area contributed by atoms with Gasteiger partial charge in [-0.15, -0.1) is 0 Å². The first-order valence-corrected chi connectivity index (χ1v) is 6.02. The van der Waals surface area contributed by atoms with Crippen molar-refractivity contribution < 1.29 is 9.30 Å². The number of aryl methyl sites for hydroxylation is 2. The van der Waals surface area contributed by atoms with E-state index < -0.39 is 0 Å². The molecule has 0 saturated heterocycles. The van der Waals surface area contributed by atoms with Gasteiger partial charge in [-0.3, -0.25) is 0 Å². The van der Waals surface area contributed by atoms with E-state index in [-0.39, 0.29) is 0 Å². The smallest absolute Gasteiger partial charge is 0.254 e. The summed E-state index contributed by atoms with van der Waals surface area (Å²) in [6.07, 6.45) is 8.60. The highest BCUT2D eigenvalue weighted by Crippen LogP contribution is 1.95. The molecule has 0 atom stereocenters. The summed E-state index contributed by atoms with van der Waals surface area (Å²) >= 11 is 0. The number of nitrogens with one attached hydrogen (secondary N) is 1. The molecule has 0 aliphatic carbocycles. The average molecular weight is 211 g/mol. The second-order valence-corrected chi connectivity index (χ2v) is 3.82. The predicted octanol–water partition coefficient (Wildman–Crippen LogP) is 2.07. The van der Waals surface area contributed by atoms with Gasteiger partial charge in [0.2, 0.25) is 0 Å². The maximum absolute atomic E-state index is 5.46. The molecule has 3 heteroatoms. The van der Waals surface area contributed by atoms with E-state index in [1.54, 1.807) is 0 Å².